The van der Waals surface area contributed by atoms with Crippen molar-refractivity contribution in [2.75, 3.05) is 5.32 Å². The van der Waals surface area contributed by atoms with Crippen LogP contribution in [0, 0.1) is 17.0 Å². The fourth-order valence-electron chi connectivity index (χ4n) is 1.63. The summed E-state index contributed by atoms with van der Waals surface area (Å²) in [6.07, 6.45) is 2.00. The Kier molecular flexibility index (Phi) is 3.64. The molecule has 1 heterocycles. The van der Waals surface area contributed by atoms with Crippen LogP contribution in [0.1, 0.15) is 25.5 Å². The molecule has 1 atom stereocenters. The van der Waals surface area contributed by atoms with Crippen LogP contribution < -0.4 is 10.6 Å². The molecule has 7 nitrogen and oxygen atoms in total. The molecule has 1 aliphatic rings. The largest absolute Gasteiger partial charge is 0.353 e. The van der Waals surface area contributed by atoms with Crippen molar-refractivity contribution in [3.05, 3.63) is 27.9 Å². The standard InChI is InChI=1S/C12H16N4O3/c1-7-3-6-10(16(18)19)11(13-7)14-8(2)12(17)15-9-4-5-9/h3,6,8-9H,4-5H2,1-2H3,(H,13,14)(H,15,17). The Morgan fingerprint density at radius 2 is 2.21 bits per heavy atom. The second-order valence-electron chi connectivity index (χ2n) is 4.73. The molecule has 7 heteroatoms. The Labute approximate surface area is 110 Å². The van der Waals surface area contributed by atoms with E-state index >= 15 is 0 Å². The highest BCUT2D eigenvalue weighted by atomic mass is 16.6. The van der Waals surface area contributed by atoms with Crippen molar-refractivity contribution in [1.29, 1.82) is 0 Å². The first-order chi connectivity index (χ1) is 8.97. The van der Waals surface area contributed by atoms with Crippen LogP contribution in [0.4, 0.5) is 11.5 Å². The zero-order chi connectivity index (χ0) is 14.0. The number of rotatable bonds is 5. The average Bonchev–Trinajstić information content (AvgIpc) is 3.12. The maximum Gasteiger partial charge on any atom is 0.311 e. The van der Waals surface area contributed by atoms with Crippen molar-refractivity contribution in [3.63, 3.8) is 0 Å². The molecular formula is C12H16N4O3. The number of nitrogens with one attached hydrogen (secondary N) is 2. The highest BCUT2D eigenvalue weighted by Gasteiger charge is 2.27. The van der Waals surface area contributed by atoms with Gasteiger partial charge in [0.15, 0.2) is 0 Å². The van der Waals surface area contributed by atoms with E-state index in [4.69, 9.17) is 0 Å². The molecule has 0 bridgehead atoms. The molecule has 0 radical (unpaired) electrons. The summed E-state index contributed by atoms with van der Waals surface area (Å²) in [4.78, 5) is 26.3. The monoisotopic (exact) mass is 264 g/mol. The minimum absolute atomic E-state index is 0.128. The van der Waals surface area contributed by atoms with Gasteiger partial charge in [-0.05, 0) is 32.8 Å². The number of nitro groups is 1. The summed E-state index contributed by atoms with van der Waals surface area (Å²) >= 11 is 0. The van der Waals surface area contributed by atoms with Gasteiger partial charge in [0.1, 0.15) is 6.04 Å². The molecule has 1 unspecified atom stereocenters. The van der Waals surface area contributed by atoms with Crippen LogP contribution >= 0.6 is 0 Å². The van der Waals surface area contributed by atoms with Crippen LogP contribution in [-0.4, -0.2) is 27.9 Å². The molecule has 1 aromatic rings. The summed E-state index contributed by atoms with van der Waals surface area (Å²) in [5.74, 6) is -0.0384. The van der Waals surface area contributed by atoms with Crippen LogP contribution in [0.2, 0.25) is 0 Å². The maximum atomic E-state index is 11.8. The minimum Gasteiger partial charge on any atom is -0.353 e. The lowest BCUT2D eigenvalue weighted by Gasteiger charge is -2.14. The maximum absolute atomic E-state index is 11.8. The van der Waals surface area contributed by atoms with Gasteiger partial charge < -0.3 is 10.6 Å². The molecule has 0 aromatic carbocycles. The minimum atomic E-state index is -0.561. The number of hydrogen-bond acceptors (Lipinski definition) is 5. The number of anilines is 1. The van der Waals surface area contributed by atoms with E-state index in [0.717, 1.165) is 12.8 Å². The zero-order valence-electron chi connectivity index (χ0n) is 10.8. The van der Waals surface area contributed by atoms with Gasteiger partial charge in [0, 0.05) is 17.8 Å². The highest BCUT2D eigenvalue weighted by Crippen LogP contribution is 2.23. The fourth-order valence-corrected chi connectivity index (χ4v) is 1.63. The van der Waals surface area contributed by atoms with E-state index in [1.165, 1.54) is 6.07 Å². The molecule has 1 saturated carbocycles. The van der Waals surface area contributed by atoms with Crippen molar-refractivity contribution in [2.24, 2.45) is 0 Å². The van der Waals surface area contributed by atoms with Gasteiger partial charge in [-0.3, -0.25) is 14.9 Å². The molecule has 1 amide bonds. The van der Waals surface area contributed by atoms with Crippen molar-refractivity contribution in [1.82, 2.24) is 10.3 Å². The third kappa shape index (κ3) is 3.40. The molecule has 0 saturated heterocycles. The Morgan fingerprint density at radius 1 is 1.53 bits per heavy atom. The molecule has 1 aliphatic carbocycles. The van der Waals surface area contributed by atoms with E-state index in [9.17, 15) is 14.9 Å². The van der Waals surface area contributed by atoms with Crippen LogP contribution in [0.5, 0.6) is 0 Å². The fraction of sp³-hybridized carbons (Fsp3) is 0.500. The van der Waals surface area contributed by atoms with E-state index < -0.39 is 11.0 Å². The van der Waals surface area contributed by atoms with Crippen molar-refractivity contribution < 1.29 is 9.72 Å². The van der Waals surface area contributed by atoms with E-state index in [1.54, 1.807) is 19.9 Å². The number of pyridine rings is 1. The number of aryl methyl sites for hydroxylation is 1. The molecule has 2 N–H and O–H groups in total. The van der Waals surface area contributed by atoms with E-state index in [1.807, 2.05) is 0 Å². The average molecular weight is 264 g/mol. The summed E-state index contributed by atoms with van der Waals surface area (Å²) in [7, 11) is 0. The van der Waals surface area contributed by atoms with Gasteiger partial charge in [-0.15, -0.1) is 0 Å². The number of carbonyl (C=O) groups is 1. The lowest BCUT2D eigenvalue weighted by atomic mass is 10.2. The highest BCUT2D eigenvalue weighted by molar-refractivity contribution is 5.85. The van der Waals surface area contributed by atoms with Gasteiger partial charge in [0.05, 0.1) is 4.92 Å². The number of aromatic nitrogens is 1. The predicted molar refractivity (Wildman–Crippen MR) is 69.9 cm³/mol. The third-order valence-electron chi connectivity index (χ3n) is 2.88. The predicted octanol–water partition coefficient (Wildman–Crippen LogP) is 1.38. The van der Waals surface area contributed by atoms with Gasteiger partial charge in [-0.25, -0.2) is 4.98 Å². The SMILES string of the molecule is Cc1ccc([N+](=O)[O-])c(NC(C)C(=O)NC2CC2)n1. The number of nitrogens with zero attached hydrogens (tertiary/aromatic N) is 2. The van der Waals surface area contributed by atoms with Crippen LogP contribution in [0.15, 0.2) is 12.1 Å². The summed E-state index contributed by atoms with van der Waals surface area (Å²) in [5.41, 5.74) is 0.527. The summed E-state index contributed by atoms with van der Waals surface area (Å²) in [6.45, 7) is 3.40. The van der Waals surface area contributed by atoms with Crippen LogP contribution in [0.3, 0.4) is 0 Å². The second-order valence-corrected chi connectivity index (χ2v) is 4.73. The summed E-state index contributed by atoms with van der Waals surface area (Å²) < 4.78 is 0. The van der Waals surface area contributed by atoms with Crippen molar-refractivity contribution in [2.45, 2.75) is 38.8 Å². The smallest absolute Gasteiger partial charge is 0.311 e. The molecule has 102 valence electrons. The number of carbonyl (C=O) groups excluding carboxylic acids is 1. The van der Waals surface area contributed by atoms with Gasteiger partial charge >= 0.3 is 5.69 Å². The molecular weight excluding hydrogens is 248 g/mol. The van der Waals surface area contributed by atoms with Gasteiger partial charge in [0.25, 0.3) is 0 Å². The van der Waals surface area contributed by atoms with Gasteiger partial charge in [-0.2, -0.15) is 0 Å². The van der Waals surface area contributed by atoms with Gasteiger partial charge in [0.2, 0.25) is 11.7 Å². The third-order valence-corrected chi connectivity index (χ3v) is 2.88. The second kappa shape index (κ2) is 5.21. The lowest BCUT2D eigenvalue weighted by Crippen LogP contribution is -2.39. The quantitative estimate of drug-likeness (QED) is 0.618. The Hall–Kier alpha value is -2.18. The lowest BCUT2D eigenvalue weighted by molar-refractivity contribution is -0.384. The molecule has 0 spiro atoms. The first kappa shape index (κ1) is 13.3. The van der Waals surface area contributed by atoms with Crippen LogP contribution in [0.25, 0.3) is 0 Å². The summed E-state index contributed by atoms with van der Waals surface area (Å²) in [5, 5.41) is 16.5. The van der Waals surface area contributed by atoms with E-state index in [-0.39, 0.29) is 23.5 Å². The van der Waals surface area contributed by atoms with E-state index in [0.29, 0.717) is 5.69 Å². The molecule has 1 aromatic heterocycles. The first-order valence-corrected chi connectivity index (χ1v) is 6.16. The Balaban J connectivity index is 2.10. The number of hydrogen-bond donors (Lipinski definition) is 2. The van der Waals surface area contributed by atoms with Crippen molar-refractivity contribution in [3.8, 4) is 0 Å². The molecule has 19 heavy (non-hydrogen) atoms. The van der Waals surface area contributed by atoms with Crippen molar-refractivity contribution >= 4 is 17.4 Å². The van der Waals surface area contributed by atoms with Crippen LogP contribution in [-0.2, 0) is 4.79 Å². The molecule has 0 aliphatic heterocycles. The Bertz CT molecular complexity index is 514. The summed E-state index contributed by atoms with van der Waals surface area (Å²) in [6, 6.07) is 2.65. The first-order valence-electron chi connectivity index (χ1n) is 6.16. The molecule has 2 rings (SSSR count). The normalized spacial score (nSPS) is 15.7. The van der Waals surface area contributed by atoms with Gasteiger partial charge in [-0.1, -0.05) is 0 Å². The Morgan fingerprint density at radius 3 is 2.79 bits per heavy atom. The number of amides is 1. The zero-order valence-corrected chi connectivity index (χ0v) is 10.8. The topological polar surface area (TPSA) is 97.2 Å². The molecule has 1 fully saturated rings. The van der Waals surface area contributed by atoms with E-state index in [2.05, 4.69) is 15.6 Å².